The highest BCUT2D eigenvalue weighted by Gasteiger charge is 2.18. The Morgan fingerprint density at radius 1 is 1.27 bits per heavy atom. The van der Waals surface area contributed by atoms with Crippen LogP contribution in [0.25, 0.3) is 0 Å². The quantitative estimate of drug-likeness (QED) is 0.388. The lowest BCUT2D eigenvalue weighted by Crippen LogP contribution is -2.45. The summed E-state index contributed by atoms with van der Waals surface area (Å²) in [7, 11) is -1.83. The average molecular weight is 234 g/mol. The van der Waals surface area contributed by atoms with E-state index < -0.39 is 10.1 Å². The molecule has 0 aromatic rings. The Hall–Kier alpha value is -0.650. The maximum Gasteiger partial charge on any atom is 0.265 e. The van der Waals surface area contributed by atoms with Crippen molar-refractivity contribution in [1.29, 1.82) is 0 Å². The van der Waals surface area contributed by atoms with Crippen molar-refractivity contribution in [3.05, 3.63) is 25.3 Å². The van der Waals surface area contributed by atoms with Crippen LogP contribution in [0.2, 0.25) is 0 Å². The normalized spacial score (nSPS) is 12.4. The van der Waals surface area contributed by atoms with Gasteiger partial charge in [0.2, 0.25) is 0 Å². The molecule has 5 heteroatoms. The molecular formula is C10H20NO3S+. The van der Waals surface area contributed by atoms with E-state index in [0.29, 0.717) is 17.4 Å². The van der Waals surface area contributed by atoms with Gasteiger partial charge < -0.3 is 4.48 Å². The smallest absolute Gasteiger partial charge is 0.265 e. The van der Waals surface area contributed by atoms with Gasteiger partial charge in [-0.3, -0.25) is 4.55 Å². The standard InChI is InChI=1S/C10H19NO3S/c1-4-7-11(3,8-5-2)9-6-10-15(12,13)14/h4-5H,1-2,6-10H2,3H3/p+1. The molecule has 0 spiro atoms. The summed E-state index contributed by atoms with van der Waals surface area (Å²) in [5.41, 5.74) is 0. The van der Waals surface area contributed by atoms with Crippen molar-refractivity contribution >= 4 is 10.1 Å². The van der Waals surface area contributed by atoms with Crippen LogP contribution < -0.4 is 0 Å². The van der Waals surface area contributed by atoms with E-state index in [1.165, 1.54) is 0 Å². The summed E-state index contributed by atoms with van der Waals surface area (Å²) >= 11 is 0. The Balaban J connectivity index is 4.18. The molecule has 88 valence electrons. The minimum absolute atomic E-state index is 0.185. The first-order valence-electron chi connectivity index (χ1n) is 4.83. The third kappa shape index (κ3) is 7.30. The largest absolute Gasteiger partial charge is 0.320 e. The topological polar surface area (TPSA) is 54.4 Å². The van der Waals surface area contributed by atoms with E-state index in [2.05, 4.69) is 13.2 Å². The summed E-state index contributed by atoms with van der Waals surface area (Å²) in [6, 6.07) is 0. The van der Waals surface area contributed by atoms with Crippen LogP contribution in [0.1, 0.15) is 6.42 Å². The highest BCUT2D eigenvalue weighted by molar-refractivity contribution is 7.85. The Morgan fingerprint density at radius 3 is 2.07 bits per heavy atom. The van der Waals surface area contributed by atoms with Gasteiger partial charge in [0.1, 0.15) is 0 Å². The van der Waals surface area contributed by atoms with E-state index in [0.717, 1.165) is 13.1 Å². The van der Waals surface area contributed by atoms with E-state index in [-0.39, 0.29) is 5.75 Å². The number of hydrogen-bond donors (Lipinski definition) is 1. The zero-order valence-corrected chi connectivity index (χ0v) is 10.0. The van der Waals surface area contributed by atoms with Crippen molar-refractivity contribution in [2.75, 3.05) is 32.4 Å². The van der Waals surface area contributed by atoms with Gasteiger partial charge in [-0.05, 0) is 12.2 Å². The lowest BCUT2D eigenvalue weighted by molar-refractivity contribution is -0.898. The summed E-state index contributed by atoms with van der Waals surface area (Å²) in [5.74, 6) is -0.185. The average Bonchev–Trinajstić information content (AvgIpc) is 2.01. The molecule has 1 N–H and O–H groups in total. The van der Waals surface area contributed by atoms with Crippen LogP contribution in [0, 0.1) is 0 Å². The van der Waals surface area contributed by atoms with Gasteiger partial charge >= 0.3 is 0 Å². The van der Waals surface area contributed by atoms with Crippen LogP contribution in [0.4, 0.5) is 0 Å². The Morgan fingerprint density at radius 2 is 1.73 bits per heavy atom. The van der Waals surface area contributed by atoms with Gasteiger partial charge in [0.05, 0.1) is 32.4 Å². The first-order chi connectivity index (χ1) is 6.83. The zero-order chi connectivity index (χ0) is 11.9. The van der Waals surface area contributed by atoms with Crippen LogP contribution in [0.15, 0.2) is 25.3 Å². The molecule has 0 aliphatic carbocycles. The summed E-state index contributed by atoms with van der Waals surface area (Å²) in [6.45, 7) is 9.54. The highest BCUT2D eigenvalue weighted by atomic mass is 32.2. The second-order valence-electron chi connectivity index (χ2n) is 3.93. The predicted molar refractivity (Wildman–Crippen MR) is 62.2 cm³/mol. The van der Waals surface area contributed by atoms with Gasteiger partial charge in [0, 0.05) is 6.42 Å². The van der Waals surface area contributed by atoms with E-state index >= 15 is 0 Å². The molecule has 0 saturated heterocycles. The fraction of sp³-hybridized carbons (Fsp3) is 0.600. The Bertz CT molecular complexity index is 299. The third-order valence-corrected chi connectivity index (χ3v) is 3.04. The maximum atomic E-state index is 10.5. The Labute approximate surface area is 92.2 Å². The maximum absolute atomic E-state index is 10.5. The van der Waals surface area contributed by atoms with Crippen LogP contribution in [0.3, 0.4) is 0 Å². The van der Waals surface area contributed by atoms with E-state index in [1.54, 1.807) is 12.2 Å². The number of rotatable bonds is 8. The van der Waals surface area contributed by atoms with Crippen molar-refractivity contribution in [1.82, 2.24) is 0 Å². The highest BCUT2D eigenvalue weighted by Crippen LogP contribution is 2.05. The van der Waals surface area contributed by atoms with Gasteiger partial charge in [-0.15, -0.1) is 0 Å². The van der Waals surface area contributed by atoms with Crippen molar-refractivity contribution in [2.45, 2.75) is 6.42 Å². The number of likely N-dealkylation sites (N-methyl/N-ethyl adjacent to an activating group) is 1. The van der Waals surface area contributed by atoms with Crippen LogP contribution >= 0.6 is 0 Å². The molecule has 0 bridgehead atoms. The number of quaternary nitrogens is 1. The van der Waals surface area contributed by atoms with Crippen LogP contribution in [0.5, 0.6) is 0 Å². The van der Waals surface area contributed by atoms with Gasteiger partial charge in [0.25, 0.3) is 10.1 Å². The molecule has 0 atom stereocenters. The van der Waals surface area contributed by atoms with Crippen molar-refractivity contribution in [3.8, 4) is 0 Å². The molecule has 0 aliphatic rings. The van der Waals surface area contributed by atoms with Crippen molar-refractivity contribution in [2.24, 2.45) is 0 Å². The Kier molecular flexibility index (Phi) is 5.79. The monoisotopic (exact) mass is 234 g/mol. The van der Waals surface area contributed by atoms with Gasteiger partial charge in [-0.25, -0.2) is 0 Å². The summed E-state index contributed by atoms with van der Waals surface area (Å²) in [5, 5.41) is 0. The number of hydrogen-bond acceptors (Lipinski definition) is 2. The molecule has 0 amide bonds. The van der Waals surface area contributed by atoms with Crippen molar-refractivity contribution < 1.29 is 17.5 Å². The molecule has 0 aliphatic heterocycles. The molecule has 0 radical (unpaired) electrons. The SMILES string of the molecule is C=CC[N+](C)(CC=C)CCCS(=O)(=O)O. The molecule has 15 heavy (non-hydrogen) atoms. The fourth-order valence-corrected chi connectivity index (χ4v) is 2.00. The van der Waals surface area contributed by atoms with E-state index in [4.69, 9.17) is 4.55 Å². The van der Waals surface area contributed by atoms with Gasteiger partial charge in [-0.1, -0.05) is 13.2 Å². The molecule has 0 aromatic heterocycles. The van der Waals surface area contributed by atoms with Crippen LogP contribution in [-0.2, 0) is 10.1 Å². The minimum atomic E-state index is -3.84. The van der Waals surface area contributed by atoms with E-state index in [9.17, 15) is 8.42 Å². The lowest BCUT2D eigenvalue weighted by atomic mass is 10.3. The minimum Gasteiger partial charge on any atom is -0.320 e. The second kappa shape index (κ2) is 6.05. The van der Waals surface area contributed by atoms with Crippen molar-refractivity contribution in [3.63, 3.8) is 0 Å². The predicted octanol–water partition coefficient (Wildman–Crippen LogP) is 1.08. The van der Waals surface area contributed by atoms with Crippen LogP contribution in [-0.4, -0.2) is 49.9 Å². The summed E-state index contributed by atoms with van der Waals surface area (Å²) in [6.07, 6.45) is 4.05. The van der Waals surface area contributed by atoms with E-state index in [1.807, 2.05) is 7.05 Å². The molecule has 0 heterocycles. The summed E-state index contributed by atoms with van der Waals surface area (Å²) in [4.78, 5) is 0. The molecule has 0 saturated carbocycles. The second-order valence-corrected chi connectivity index (χ2v) is 5.50. The third-order valence-electron chi connectivity index (χ3n) is 2.24. The molecule has 0 unspecified atom stereocenters. The first kappa shape index (κ1) is 14.3. The molecule has 0 aromatic carbocycles. The first-order valence-corrected chi connectivity index (χ1v) is 6.44. The number of nitrogens with zero attached hydrogens (tertiary/aromatic N) is 1. The molecule has 4 nitrogen and oxygen atoms in total. The lowest BCUT2D eigenvalue weighted by Gasteiger charge is -2.32. The molecular weight excluding hydrogens is 214 g/mol. The zero-order valence-electron chi connectivity index (χ0n) is 9.22. The summed E-state index contributed by atoms with van der Waals surface area (Å²) < 4.78 is 30.4. The molecule has 0 fully saturated rings. The van der Waals surface area contributed by atoms with Gasteiger partial charge in [-0.2, -0.15) is 8.42 Å². The fourth-order valence-electron chi connectivity index (χ4n) is 1.51. The molecule has 0 rings (SSSR count). The van der Waals surface area contributed by atoms with Gasteiger partial charge in [0.15, 0.2) is 0 Å².